The van der Waals surface area contributed by atoms with Gasteiger partial charge in [0.25, 0.3) is 0 Å². The van der Waals surface area contributed by atoms with E-state index in [1.165, 1.54) is 0 Å². The zero-order valence-corrected chi connectivity index (χ0v) is 19.2. The molecule has 13 heteroatoms. The van der Waals surface area contributed by atoms with Crippen LogP contribution in [0.2, 0.25) is 0 Å². The van der Waals surface area contributed by atoms with Crippen molar-refractivity contribution in [2.24, 2.45) is 17.6 Å². The van der Waals surface area contributed by atoms with E-state index in [0.717, 1.165) is 0 Å². The van der Waals surface area contributed by atoms with Crippen LogP contribution < -0.4 is 21.7 Å². The van der Waals surface area contributed by atoms with Crippen molar-refractivity contribution in [2.75, 3.05) is 0 Å². The van der Waals surface area contributed by atoms with E-state index in [4.69, 9.17) is 15.9 Å². The first-order valence-corrected chi connectivity index (χ1v) is 10.5. The third-order valence-corrected chi connectivity index (χ3v) is 4.81. The number of rotatable bonds is 15. The SMILES string of the molecule is CC(C)C(N)C(=O)NC(C(=O)NC(CCC(=O)O)C(=O)NC(CCC(=O)O)C(=O)O)C(C)C. The van der Waals surface area contributed by atoms with Gasteiger partial charge < -0.3 is 37.0 Å². The van der Waals surface area contributed by atoms with Gasteiger partial charge in [0.15, 0.2) is 0 Å². The Morgan fingerprint density at radius 3 is 1.52 bits per heavy atom. The average Bonchev–Trinajstić information content (AvgIpc) is 2.69. The Balaban J connectivity index is 5.53. The molecule has 0 rings (SSSR count). The van der Waals surface area contributed by atoms with E-state index in [0.29, 0.717) is 0 Å². The minimum Gasteiger partial charge on any atom is -0.481 e. The zero-order valence-electron chi connectivity index (χ0n) is 19.2. The van der Waals surface area contributed by atoms with E-state index in [9.17, 15) is 33.9 Å². The lowest BCUT2D eigenvalue weighted by Crippen LogP contribution is -2.58. The normalized spacial score (nSPS) is 14.6. The molecule has 0 aromatic rings. The van der Waals surface area contributed by atoms with Crippen molar-refractivity contribution >= 4 is 35.6 Å². The molecule has 4 atom stereocenters. The summed E-state index contributed by atoms with van der Waals surface area (Å²) in [5.41, 5.74) is 5.80. The van der Waals surface area contributed by atoms with Gasteiger partial charge in [0, 0.05) is 12.8 Å². The van der Waals surface area contributed by atoms with Crippen LogP contribution in [-0.4, -0.2) is 75.1 Å². The number of carboxylic acids is 3. The second-order valence-corrected chi connectivity index (χ2v) is 8.33. The van der Waals surface area contributed by atoms with Gasteiger partial charge in [-0.15, -0.1) is 0 Å². The van der Waals surface area contributed by atoms with Crippen LogP contribution in [0.5, 0.6) is 0 Å². The second kappa shape index (κ2) is 14.0. The van der Waals surface area contributed by atoms with E-state index in [-0.39, 0.29) is 12.3 Å². The highest BCUT2D eigenvalue weighted by Gasteiger charge is 2.32. The Hall–Kier alpha value is -3.22. The third-order valence-electron chi connectivity index (χ3n) is 4.81. The molecule has 0 heterocycles. The molecule has 0 fully saturated rings. The number of carbonyl (C=O) groups excluding carboxylic acids is 3. The molecule has 0 saturated carbocycles. The lowest BCUT2D eigenvalue weighted by Gasteiger charge is -2.27. The summed E-state index contributed by atoms with van der Waals surface area (Å²) in [6, 6.07) is -4.96. The second-order valence-electron chi connectivity index (χ2n) is 8.33. The fraction of sp³-hybridized carbons (Fsp3) is 0.700. The summed E-state index contributed by atoms with van der Waals surface area (Å²) in [7, 11) is 0. The Labute approximate surface area is 191 Å². The first kappa shape index (κ1) is 29.8. The Bertz CT molecular complexity index is 739. The molecule has 0 spiro atoms. The number of nitrogens with two attached hydrogens (primary N) is 1. The van der Waals surface area contributed by atoms with Crippen LogP contribution in [-0.2, 0) is 28.8 Å². The fourth-order valence-electron chi connectivity index (χ4n) is 2.68. The molecule has 0 aliphatic rings. The molecule has 0 aromatic heterocycles. The molecule has 13 nitrogen and oxygen atoms in total. The van der Waals surface area contributed by atoms with Crippen LogP contribution in [0.1, 0.15) is 53.4 Å². The maximum Gasteiger partial charge on any atom is 0.326 e. The third kappa shape index (κ3) is 11.3. The number of carbonyl (C=O) groups is 6. The first-order chi connectivity index (χ1) is 15.2. The summed E-state index contributed by atoms with van der Waals surface area (Å²) in [5.74, 6) is -6.96. The monoisotopic (exact) mass is 474 g/mol. The number of hydrogen-bond acceptors (Lipinski definition) is 7. The molecule has 188 valence electrons. The highest BCUT2D eigenvalue weighted by Crippen LogP contribution is 2.08. The van der Waals surface area contributed by atoms with Crippen LogP contribution in [0.3, 0.4) is 0 Å². The van der Waals surface area contributed by atoms with Gasteiger partial charge in [-0.3, -0.25) is 24.0 Å². The molecule has 0 bridgehead atoms. The number of nitrogens with one attached hydrogen (secondary N) is 3. The molecule has 0 aromatic carbocycles. The molecular weight excluding hydrogens is 440 g/mol. The van der Waals surface area contributed by atoms with Crippen LogP contribution in [0.4, 0.5) is 0 Å². The summed E-state index contributed by atoms with van der Waals surface area (Å²) in [5, 5.41) is 33.9. The van der Waals surface area contributed by atoms with Gasteiger partial charge in [0.05, 0.1) is 6.04 Å². The van der Waals surface area contributed by atoms with E-state index < -0.39 is 85.0 Å². The largest absolute Gasteiger partial charge is 0.481 e. The smallest absolute Gasteiger partial charge is 0.326 e. The molecule has 3 amide bonds. The zero-order chi connectivity index (χ0) is 25.9. The van der Waals surface area contributed by atoms with Crippen molar-refractivity contribution < 1.29 is 44.1 Å². The molecule has 0 aliphatic carbocycles. The van der Waals surface area contributed by atoms with Crippen molar-refractivity contribution in [1.29, 1.82) is 0 Å². The van der Waals surface area contributed by atoms with Crippen molar-refractivity contribution in [3.63, 3.8) is 0 Å². The summed E-state index contributed by atoms with van der Waals surface area (Å²) in [6.07, 6.45) is -1.81. The van der Waals surface area contributed by atoms with Gasteiger partial charge in [0.2, 0.25) is 17.7 Å². The Morgan fingerprint density at radius 2 is 1.12 bits per heavy atom. The van der Waals surface area contributed by atoms with Gasteiger partial charge in [-0.25, -0.2) is 4.79 Å². The average molecular weight is 475 g/mol. The number of amides is 3. The highest BCUT2D eigenvalue weighted by molar-refractivity contribution is 5.94. The van der Waals surface area contributed by atoms with Gasteiger partial charge in [-0.2, -0.15) is 0 Å². The van der Waals surface area contributed by atoms with E-state index in [2.05, 4.69) is 16.0 Å². The number of carboxylic acid groups (broad SMARTS) is 3. The van der Waals surface area contributed by atoms with E-state index in [1.54, 1.807) is 27.7 Å². The van der Waals surface area contributed by atoms with Crippen LogP contribution in [0.25, 0.3) is 0 Å². The lowest BCUT2D eigenvalue weighted by atomic mass is 9.99. The van der Waals surface area contributed by atoms with Crippen molar-refractivity contribution in [3.8, 4) is 0 Å². The summed E-state index contributed by atoms with van der Waals surface area (Å²) < 4.78 is 0. The maximum absolute atomic E-state index is 12.8. The maximum atomic E-state index is 12.8. The van der Waals surface area contributed by atoms with Crippen LogP contribution in [0, 0.1) is 11.8 Å². The van der Waals surface area contributed by atoms with Gasteiger partial charge >= 0.3 is 17.9 Å². The quantitative estimate of drug-likeness (QED) is 0.151. The summed E-state index contributed by atoms with van der Waals surface area (Å²) in [6.45, 7) is 6.74. The van der Waals surface area contributed by atoms with Crippen LogP contribution >= 0.6 is 0 Å². The first-order valence-electron chi connectivity index (χ1n) is 10.5. The van der Waals surface area contributed by atoms with Gasteiger partial charge in [0.1, 0.15) is 18.1 Å². The topological polar surface area (TPSA) is 225 Å². The highest BCUT2D eigenvalue weighted by atomic mass is 16.4. The van der Waals surface area contributed by atoms with Crippen molar-refractivity contribution in [1.82, 2.24) is 16.0 Å². The Kier molecular flexibility index (Phi) is 12.7. The molecule has 0 saturated heterocycles. The van der Waals surface area contributed by atoms with E-state index >= 15 is 0 Å². The predicted octanol–water partition coefficient (Wildman–Crippen LogP) is -1.11. The molecule has 0 radical (unpaired) electrons. The number of hydrogen-bond donors (Lipinski definition) is 7. The number of aliphatic carboxylic acids is 3. The van der Waals surface area contributed by atoms with E-state index in [1.807, 2.05) is 0 Å². The standard InChI is InChI=1S/C20H34N4O9/c1-9(2)15(21)18(30)24-16(10(3)4)19(31)22-11(5-7-13(25)26)17(29)23-12(20(32)33)6-8-14(27)28/h9-12,15-16H,5-8,21H2,1-4H3,(H,22,31)(H,23,29)(H,24,30)(H,25,26)(H,27,28)(H,32,33). The van der Waals surface area contributed by atoms with Crippen molar-refractivity contribution in [3.05, 3.63) is 0 Å². The molecule has 0 aliphatic heterocycles. The van der Waals surface area contributed by atoms with Gasteiger partial charge in [-0.05, 0) is 24.7 Å². The molecule has 4 unspecified atom stereocenters. The minimum atomic E-state index is -1.55. The van der Waals surface area contributed by atoms with Gasteiger partial charge in [-0.1, -0.05) is 27.7 Å². The molecule has 33 heavy (non-hydrogen) atoms. The summed E-state index contributed by atoms with van der Waals surface area (Å²) >= 11 is 0. The minimum absolute atomic E-state index is 0.200. The van der Waals surface area contributed by atoms with Crippen LogP contribution in [0.15, 0.2) is 0 Å². The molecular formula is C20H34N4O9. The van der Waals surface area contributed by atoms with Crippen molar-refractivity contribution in [2.45, 2.75) is 77.5 Å². The lowest BCUT2D eigenvalue weighted by molar-refractivity contribution is -0.144. The Morgan fingerprint density at radius 1 is 0.667 bits per heavy atom. The predicted molar refractivity (Wildman–Crippen MR) is 115 cm³/mol. The summed E-state index contributed by atoms with van der Waals surface area (Å²) in [4.78, 5) is 70.8. The fourth-order valence-corrected chi connectivity index (χ4v) is 2.68. The molecule has 8 N–H and O–H groups in total.